The molecule has 0 atom stereocenters. The van der Waals surface area contributed by atoms with Crippen LogP contribution in [0.2, 0.25) is 10.0 Å². The first-order valence-corrected chi connectivity index (χ1v) is 11.5. The van der Waals surface area contributed by atoms with E-state index in [1.165, 1.54) is 14.2 Å². The topological polar surface area (TPSA) is 134 Å². The van der Waals surface area contributed by atoms with Gasteiger partial charge in [0.15, 0.2) is 5.82 Å². The third-order valence-corrected chi connectivity index (χ3v) is 5.97. The summed E-state index contributed by atoms with van der Waals surface area (Å²) in [5, 5.41) is 3.79. The maximum Gasteiger partial charge on any atom is 0.224 e. The summed E-state index contributed by atoms with van der Waals surface area (Å²) < 4.78 is 10.7. The van der Waals surface area contributed by atoms with Crippen LogP contribution >= 0.6 is 23.2 Å². The average molecular weight is 524 g/mol. The zero-order chi connectivity index (χ0) is 25.7. The van der Waals surface area contributed by atoms with E-state index in [0.29, 0.717) is 62.2 Å². The molecule has 4 rings (SSSR count). The van der Waals surface area contributed by atoms with Crippen molar-refractivity contribution in [3.8, 4) is 22.6 Å². The van der Waals surface area contributed by atoms with E-state index in [-0.39, 0.29) is 5.84 Å². The summed E-state index contributed by atoms with van der Waals surface area (Å²) in [6, 6.07) is 14.2. The van der Waals surface area contributed by atoms with E-state index < -0.39 is 0 Å². The molecule has 0 saturated heterocycles. The number of nitrogens with one attached hydrogen (secondary N) is 1. The second-order valence-electron chi connectivity index (χ2n) is 7.50. The molecule has 11 heteroatoms. The molecule has 184 valence electrons. The Morgan fingerprint density at radius 3 is 2.36 bits per heavy atom. The quantitative estimate of drug-likeness (QED) is 0.165. The number of nitrogens with zero attached hydrogens (tertiary/aromatic N) is 4. The largest absolute Gasteiger partial charge is 0.495 e. The molecule has 9 nitrogen and oxygen atoms in total. The van der Waals surface area contributed by atoms with Gasteiger partial charge in [0.05, 0.1) is 36.5 Å². The number of halogens is 2. The Kier molecular flexibility index (Phi) is 7.72. The highest BCUT2D eigenvalue weighted by atomic mass is 35.5. The maximum atomic E-state index is 6.54. The zero-order valence-corrected chi connectivity index (χ0v) is 21.0. The highest BCUT2D eigenvalue weighted by molar-refractivity contribution is 6.41. The molecule has 5 N–H and O–H groups in total. The summed E-state index contributed by atoms with van der Waals surface area (Å²) in [7, 11) is 3.03. The predicted molar refractivity (Wildman–Crippen MR) is 143 cm³/mol. The normalized spacial score (nSPS) is 11.3. The number of ether oxygens (including phenoxy) is 2. The Morgan fingerprint density at radius 2 is 1.72 bits per heavy atom. The summed E-state index contributed by atoms with van der Waals surface area (Å²) in [6.07, 6.45) is 3.31. The van der Waals surface area contributed by atoms with Crippen molar-refractivity contribution in [2.24, 2.45) is 10.7 Å². The molecule has 4 aromatic rings. The second kappa shape index (κ2) is 11.1. The van der Waals surface area contributed by atoms with Gasteiger partial charge >= 0.3 is 0 Å². The van der Waals surface area contributed by atoms with Gasteiger partial charge in [-0.15, -0.1) is 0 Å². The molecule has 0 fully saturated rings. The zero-order valence-electron chi connectivity index (χ0n) is 19.5. The van der Waals surface area contributed by atoms with Crippen LogP contribution < -0.4 is 26.3 Å². The van der Waals surface area contributed by atoms with Gasteiger partial charge in [-0.25, -0.2) is 9.98 Å². The van der Waals surface area contributed by atoms with Gasteiger partial charge in [0.25, 0.3) is 0 Å². The highest BCUT2D eigenvalue weighted by Crippen LogP contribution is 2.46. The Hall–Kier alpha value is -4.08. The Morgan fingerprint density at radius 1 is 0.972 bits per heavy atom. The van der Waals surface area contributed by atoms with Gasteiger partial charge in [-0.1, -0.05) is 35.3 Å². The Balaban J connectivity index is 1.60. The number of hydrogen-bond donors (Lipinski definition) is 3. The van der Waals surface area contributed by atoms with Crippen LogP contribution in [-0.2, 0) is 6.54 Å². The Bertz CT molecular complexity index is 1390. The number of nitrogens with two attached hydrogens (primary N) is 2. The van der Waals surface area contributed by atoms with Gasteiger partial charge in [0.1, 0.15) is 17.3 Å². The monoisotopic (exact) mass is 523 g/mol. The molecule has 0 saturated carbocycles. The minimum absolute atomic E-state index is 0.189. The molecule has 0 spiro atoms. The van der Waals surface area contributed by atoms with Crippen LogP contribution in [-0.4, -0.2) is 35.0 Å². The smallest absolute Gasteiger partial charge is 0.224 e. The molecule has 0 radical (unpaired) electrons. The number of hydrogen-bond acceptors (Lipinski definition) is 8. The first kappa shape index (κ1) is 25.0. The van der Waals surface area contributed by atoms with Gasteiger partial charge in [-0.2, -0.15) is 4.98 Å². The van der Waals surface area contributed by atoms with Crippen molar-refractivity contribution in [3.63, 3.8) is 0 Å². The van der Waals surface area contributed by atoms with Crippen LogP contribution in [0.4, 0.5) is 17.5 Å². The van der Waals surface area contributed by atoms with Crippen LogP contribution in [0, 0.1) is 0 Å². The van der Waals surface area contributed by atoms with Crippen LogP contribution in [0.25, 0.3) is 11.1 Å². The number of anilines is 2. The molecule has 0 unspecified atom stereocenters. The fourth-order valence-electron chi connectivity index (χ4n) is 3.44. The minimum Gasteiger partial charge on any atom is -0.495 e. The lowest BCUT2D eigenvalue weighted by molar-refractivity contribution is 0.395. The lowest BCUT2D eigenvalue weighted by Crippen LogP contribution is -2.15. The second-order valence-corrected chi connectivity index (χ2v) is 8.25. The minimum atomic E-state index is 0.189. The number of nitrogen functional groups attached to an aromatic ring is 1. The van der Waals surface area contributed by atoms with Crippen LogP contribution in [0.1, 0.15) is 11.3 Å². The molecule has 0 aliphatic heterocycles. The standard InChI is InChI=1S/C25H23Cl2N7O2/c1-35-18-12-19(36-2)23(27)21(22(18)26)14-6-7-16(17(28)11-14)24(29)33-20-8-10-31-25(34-20)32-13-15-5-3-4-9-30-15/h3-12H,13,28H2,1-2H3,(H3,29,31,32,33,34). The van der Waals surface area contributed by atoms with E-state index in [9.17, 15) is 0 Å². The number of methoxy groups -OCH3 is 2. The van der Waals surface area contributed by atoms with Crippen molar-refractivity contribution in [1.29, 1.82) is 0 Å². The Labute approximate surface area is 218 Å². The lowest BCUT2D eigenvalue weighted by Gasteiger charge is -2.16. The van der Waals surface area contributed by atoms with Crippen molar-refractivity contribution in [3.05, 3.63) is 82.2 Å². The molecule has 0 amide bonds. The van der Waals surface area contributed by atoms with Gasteiger partial charge in [0, 0.05) is 41.3 Å². The first-order chi connectivity index (χ1) is 17.4. The highest BCUT2D eigenvalue weighted by Gasteiger charge is 2.19. The van der Waals surface area contributed by atoms with Crippen molar-refractivity contribution in [2.75, 3.05) is 25.3 Å². The average Bonchev–Trinajstić information content (AvgIpc) is 2.88. The van der Waals surface area contributed by atoms with Crippen LogP contribution in [0.3, 0.4) is 0 Å². The first-order valence-electron chi connectivity index (χ1n) is 10.7. The molecule has 0 bridgehead atoms. The maximum absolute atomic E-state index is 6.54. The molecule has 2 aromatic heterocycles. The van der Waals surface area contributed by atoms with Crippen molar-refractivity contribution in [1.82, 2.24) is 15.0 Å². The molecule has 0 aliphatic carbocycles. The van der Waals surface area contributed by atoms with E-state index >= 15 is 0 Å². The van der Waals surface area contributed by atoms with Gasteiger partial charge in [0.2, 0.25) is 5.95 Å². The molecule has 2 heterocycles. The third-order valence-electron chi connectivity index (χ3n) is 5.22. The molecule has 0 aliphatic rings. The number of aliphatic imine (C=N–C) groups is 1. The fraction of sp³-hybridized carbons (Fsp3) is 0.120. The number of benzene rings is 2. The van der Waals surface area contributed by atoms with Gasteiger partial charge in [-0.05, 0) is 29.8 Å². The van der Waals surface area contributed by atoms with Gasteiger partial charge < -0.3 is 26.3 Å². The lowest BCUT2D eigenvalue weighted by atomic mass is 10.0. The number of aromatic nitrogens is 3. The predicted octanol–water partition coefficient (Wildman–Crippen LogP) is 5.09. The number of amidine groups is 1. The van der Waals surface area contributed by atoms with E-state index in [0.717, 1.165) is 5.69 Å². The van der Waals surface area contributed by atoms with E-state index in [2.05, 4.69) is 25.3 Å². The van der Waals surface area contributed by atoms with E-state index in [1.807, 2.05) is 18.2 Å². The SMILES string of the molecule is COc1cc(OC)c(Cl)c(-c2ccc(C(N)=Nc3ccnc(NCc4ccccn4)n3)c(N)c2)c1Cl. The van der Waals surface area contributed by atoms with E-state index in [4.69, 9.17) is 44.1 Å². The van der Waals surface area contributed by atoms with Crippen molar-refractivity contribution in [2.45, 2.75) is 6.54 Å². The number of pyridine rings is 1. The molecule has 36 heavy (non-hydrogen) atoms. The summed E-state index contributed by atoms with van der Waals surface area (Å²) in [6.45, 7) is 0.470. The molecular weight excluding hydrogens is 501 g/mol. The summed E-state index contributed by atoms with van der Waals surface area (Å²) in [5.74, 6) is 1.81. The van der Waals surface area contributed by atoms with Crippen molar-refractivity contribution >= 4 is 46.5 Å². The summed E-state index contributed by atoms with van der Waals surface area (Å²) in [4.78, 5) is 17.3. The summed E-state index contributed by atoms with van der Waals surface area (Å²) in [5.41, 5.74) is 15.6. The van der Waals surface area contributed by atoms with Crippen LogP contribution in [0.5, 0.6) is 11.5 Å². The van der Waals surface area contributed by atoms with E-state index in [1.54, 1.807) is 42.7 Å². The third kappa shape index (κ3) is 5.42. The fourth-order valence-corrected chi connectivity index (χ4v) is 4.16. The summed E-state index contributed by atoms with van der Waals surface area (Å²) >= 11 is 13.1. The number of rotatable bonds is 8. The molecular formula is C25H23Cl2N7O2. The molecule has 2 aromatic carbocycles. The van der Waals surface area contributed by atoms with Crippen LogP contribution in [0.15, 0.2) is 65.9 Å². The van der Waals surface area contributed by atoms with Crippen molar-refractivity contribution < 1.29 is 9.47 Å². The van der Waals surface area contributed by atoms with Gasteiger partial charge in [-0.3, -0.25) is 4.98 Å².